The second kappa shape index (κ2) is 9.42. The van der Waals surface area contributed by atoms with Crippen molar-refractivity contribution in [2.45, 2.75) is 58.1 Å². The van der Waals surface area contributed by atoms with E-state index in [1.54, 1.807) is 4.90 Å². The highest BCUT2D eigenvalue weighted by atomic mass is 16.3. The summed E-state index contributed by atoms with van der Waals surface area (Å²) in [5.74, 6) is 0.0584. The second-order valence-electron chi connectivity index (χ2n) is 6.36. The maximum atomic E-state index is 12.5. The first-order chi connectivity index (χ1) is 11.7. The van der Waals surface area contributed by atoms with Crippen molar-refractivity contribution in [2.24, 2.45) is 0 Å². The van der Waals surface area contributed by atoms with Crippen LogP contribution in [0.25, 0.3) is 0 Å². The molecule has 1 heterocycles. The fraction of sp³-hybridized carbons (Fsp3) is 0.579. The van der Waals surface area contributed by atoms with Gasteiger partial charge in [-0.05, 0) is 43.2 Å². The molecule has 0 radical (unpaired) electrons. The molecule has 1 aromatic rings. The summed E-state index contributed by atoms with van der Waals surface area (Å²) in [5, 5.41) is 12.0. The number of piperidine rings is 1. The number of aliphatic hydroxyl groups excluding tert-OH is 1. The number of benzene rings is 1. The predicted molar refractivity (Wildman–Crippen MR) is 93.3 cm³/mol. The highest BCUT2D eigenvalue weighted by Crippen LogP contribution is 2.18. The van der Waals surface area contributed by atoms with E-state index in [-0.39, 0.29) is 24.5 Å². The van der Waals surface area contributed by atoms with Crippen molar-refractivity contribution in [3.8, 4) is 0 Å². The molecule has 0 bridgehead atoms. The van der Waals surface area contributed by atoms with E-state index in [1.165, 1.54) is 0 Å². The Morgan fingerprint density at radius 2 is 1.92 bits per heavy atom. The van der Waals surface area contributed by atoms with Gasteiger partial charge in [-0.1, -0.05) is 31.2 Å². The Labute approximate surface area is 144 Å². The van der Waals surface area contributed by atoms with Gasteiger partial charge >= 0.3 is 0 Å². The molecule has 1 aliphatic heterocycles. The van der Waals surface area contributed by atoms with Gasteiger partial charge in [0, 0.05) is 19.5 Å². The van der Waals surface area contributed by atoms with Crippen LogP contribution in [-0.2, 0) is 22.6 Å². The molecule has 5 nitrogen and oxygen atoms in total. The number of carbonyl (C=O) groups is 2. The molecule has 5 heteroatoms. The minimum Gasteiger partial charge on any atom is -0.392 e. The fourth-order valence-corrected chi connectivity index (χ4v) is 3.12. The third-order valence-electron chi connectivity index (χ3n) is 4.51. The smallest absolute Gasteiger partial charge is 0.242 e. The van der Waals surface area contributed by atoms with E-state index in [1.807, 2.05) is 31.2 Å². The van der Waals surface area contributed by atoms with Crippen molar-refractivity contribution in [3.05, 3.63) is 35.4 Å². The number of hydrogen-bond acceptors (Lipinski definition) is 3. The fourth-order valence-electron chi connectivity index (χ4n) is 3.12. The number of aliphatic hydroxyl groups is 1. The van der Waals surface area contributed by atoms with Crippen LogP contribution in [0.1, 0.15) is 50.2 Å². The van der Waals surface area contributed by atoms with Gasteiger partial charge in [-0.15, -0.1) is 0 Å². The topological polar surface area (TPSA) is 69.6 Å². The Bertz CT molecular complexity index is 542. The number of hydrogen-bond donors (Lipinski definition) is 2. The molecule has 0 spiro atoms. The van der Waals surface area contributed by atoms with Crippen LogP contribution in [0.15, 0.2) is 24.3 Å². The minimum absolute atomic E-state index is 0.0360. The van der Waals surface area contributed by atoms with Crippen LogP contribution in [0.3, 0.4) is 0 Å². The number of amides is 2. The molecule has 0 aliphatic carbocycles. The molecule has 1 aliphatic rings. The van der Waals surface area contributed by atoms with E-state index >= 15 is 0 Å². The standard InChI is InChI=1S/C19H28N2O3/c1-2-5-18(23)21-13-4-3-6-17(21)19(24)20-12-11-15-7-9-16(14-22)10-8-15/h7-10,17,22H,2-6,11-14H2,1H3,(H,20,24). The monoisotopic (exact) mass is 332 g/mol. The molecule has 0 aromatic heterocycles. The third-order valence-corrected chi connectivity index (χ3v) is 4.51. The first kappa shape index (κ1) is 18.5. The van der Waals surface area contributed by atoms with Gasteiger partial charge in [-0.3, -0.25) is 9.59 Å². The van der Waals surface area contributed by atoms with Crippen molar-refractivity contribution in [1.29, 1.82) is 0 Å². The molecule has 24 heavy (non-hydrogen) atoms. The zero-order valence-corrected chi connectivity index (χ0v) is 14.5. The number of nitrogens with one attached hydrogen (secondary N) is 1. The zero-order valence-electron chi connectivity index (χ0n) is 14.5. The summed E-state index contributed by atoms with van der Waals surface area (Å²) in [6.45, 7) is 3.28. The van der Waals surface area contributed by atoms with E-state index < -0.39 is 0 Å². The Balaban J connectivity index is 1.84. The molecule has 0 saturated carbocycles. The summed E-state index contributed by atoms with van der Waals surface area (Å²) < 4.78 is 0. The van der Waals surface area contributed by atoms with Crippen molar-refractivity contribution in [2.75, 3.05) is 13.1 Å². The van der Waals surface area contributed by atoms with E-state index in [2.05, 4.69) is 5.32 Å². The molecule has 2 rings (SSSR count). The summed E-state index contributed by atoms with van der Waals surface area (Å²) in [4.78, 5) is 26.4. The lowest BCUT2D eigenvalue weighted by Gasteiger charge is -2.34. The highest BCUT2D eigenvalue weighted by Gasteiger charge is 2.31. The number of rotatable bonds is 7. The van der Waals surface area contributed by atoms with E-state index in [0.717, 1.165) is 43.2 Å². The lowest BCUT2D eigenvalue weighted by Crippen LogP contribution is -2.52. The molecule has 1 atom stereocenters. The van der Waals surface area contributed by atoms with Crippen LogP contribution >= 0.6 is 0 Å². The molecule has 2 N–H and O–H groups in total. The largest absolute Gasteiger partial charge is 0.392 e. The Morgan fingerprint density at radius 1 is 1.21 bits per heavy atom. The van der Waals surface area contributed by atoms with Gasteiger partial charge in [0.05, 0.1) is 6.61 Å². The van der Waals surface area contributed by atoms with E-state index in [0.29, 0.717) is 19.5 Å². The van der Waals surface area contributed by atoms with Gasteiger partial charge in [0.15, 0.2) is 0 Å². The molecule has 1 saturated heterocycles. The Morgan fingerprint density at radius 3 is 2.58 bits per heavy atom. The average molecular weight is 332 g/mol. The van der Waals surface area contributed by atoms with Gasteiger partial charge < -0.3 is 15.3 Å². The van der Waals surface area contributed by atoms with Crippen molar-refractivity contribution < 1.29 is 14.7 Å². The summed E-state index contributed by atoms with van der Waals surface area (Å²) >= 11 is 0. The lowest BCUT2D eigenvalue weighted by molar-refractivity contribution is -0.142. The number of carbonyl (C=O) groups excluding carboxylic acids is 2. The normalized spacial score (nSPS) is 17.6. The summed E-state index contributed by atoms with van der Waals surface area (Å²) in [5.41, 5.74) is 2.00. The maximum absolute atomic E-state index is 12.5. The van der Waals surface area contributed by atoms with Gasteiger partial charge in [0.25, 0.3) is 0 Å². The SMILES string of the molecule is CCCC(=O)N1CCCCC1C(=O)NCCc1ccc(CO)cc1. The quantitative estimate of drug-likeness (QED) is 0.802. The highest BCUT2D eigenvalue weighted by molar-refractivity contribution is 5.87. The molecule has 1 fully saturated rings. The van der Waals surface area contributed by atoms with Crippen LogP contribution in [0, 0.1) is 0 Å². The van der Waals surface area contributed by atoms with Crippen molar-refractivity contribution >= 4 is 11.8 Å². The summed E-state index contributed by atoms with van der Waals surface area (Å²) in [6, 6.07) is 7.41. The molecule has 132 valence electrons. The zero-order chi connectivity index (χ0) is 17.4. The van der Waals surface area contributed by atoms with Crippen LogP contribution in [0.2, 0.25) is 0 Å². The van der Waals surface area contributed by atoms with E-state index in [9.17, 15) is 9.59 Å². The molecule has 1 unspecified atom stereocenters. The summed E-state index contributed by atoms with van der Waals surface area (Å²) in [6.07, 6.45) is 4.81. The lowest BCUT2D eigenvalue weighted by atomic mass is 10.0. The second-order valence-corrected chi connectivity index (χ2v) is 6.36. The molecular formula is C19H28N2O3. The van der Waals surface area contributed by atoms with Crippen molar-refractivity contribution in [3.63, 3.8) is 0 Å². The van der Waals surface area contributed by atoms with Gasteiger partial charge in [0.1, 0.15) is 6.04 Å². The number of nitrogens with zero attached hydrogens (tertiary/aromatic N) is 1. The van der Waals surface area contributed by atoms with Gasteiger partial charge in [-0.25, -0.2) is 0 Å². The Hall–Kier alpha value is -1.88. The van der Waals surface area contributed by atoms with Crippen LogP contribution in [-0.4, -0.2) is 41.0 Å². The number of likely N-dealkylation sites (tertiary alicyclic amines) is 1. The van der Waals surface area contributed by atoms with Crippen LogP contribution < -0.4 is 5.32 Å². The van der Waals surface area contributed by atoms with Gasteiger partial charge in [-0.2, -0.15) is 0 Å². The molecular weight excluding hydrogens is 304 g/mol. The molecule has 2 amide bonds. The Kier molecular flexibility index (Phi) is 7.25. The van der Waals surface area contributed by atoms with Crippen LogP contribution in [0.4, 0.5) is 0 Å². The van der Waals surface area contributed by atoms with Gasteiger partial charge in [0.2, 0.25) is 11.8 Å². The third kappa shape index (κ3) is 5.06. The maximum Gasteiger partial charge on any atom is 0.242 e. The predicted octanol–water partition coefficient (Wildman–Crippen LogP) is 2.02. The first-order valence-electron chi connectivity index (χ1n) is 8.91. The summed E-state index contributed by atoms with van der Waals surface area (Å²) in [7, 11) is 0. The molecule has 1 aromatic carbocycles. The van der Waals surface area contributed by atoms with Crippen LogP contribution in [0.5, 0.6) is 0 Å². The van der Waals surface area contributed by atoms with Crippen molar-refractivity contribution in [1.82, 2.24) is 10.2 Å². The average Bonchev–Trinajstić information content (AvgIpc) is 2.62. The van der Waals surface area contributed by atoms with E-state index in [4.69, 9.17) is 5.11 Å². The first-order valence-corrected chi connectivity index (χ1v) is 8.91. The minimum atomic E-state index is -0.311.